The lowest BCUT2D eigenvalue weighted by molar-refractivity contribution is 0.230. The minimum Gasteiger partial charge on any atom is -0.334 e. The first-order chi connectivity index (χ1) is 9.85. The number of aromatic nitrogens is 4. The summed E-state index contributed by atoms with van der Waals surface area (Å²) in [7, 11) is 0. The predicted octanol–water partition coefficient (Wildman–Crippen LogP) is 1.99. The Bertz CT molecular complexity index is 608. The van der Waals surface area contributed by atoms with Crippen molar-refractivity contribution in [2.75, 3.05) is 6.54 Å². The lowest BCUT2D eigenvalue weighted by Gasteiger charge is -2.26. The van der Waals surface area contributed by atoms with Crippen LogP contribution in [-0.4, -0.2) is 30.5 Å². The van der Waals surface area contributed by atoms with Crippen molar-refractivity contribution in [2.45, 2.75) is 51.9 Å². The van der Waals surface area contributed by atoms with E-state index in [0.29, 0.717) is 0 Å². The molecule has 2 aromatic rings. The third-order valence-corrected chi connectivity index (χ3v) is 4.47. The molecule has 4 rings (SSSR count). The lowest BCUT2D eigenvalue weighted by atomic mass is 10.1. The molecule has 0 spiro atoms. The number of hydrogen-bond donors (Lipinski definition) is 0. The van der Waals surface area contributed by atoms with Gasteiger partial charge in [0.2, 0.25) is 0 Å². The summed E-state index contributed by atoms with van der Waals surface area (Å²) >= 11 is 0. The summed E-state index contributed by atoms with van der Waals surface area (Å²) in [5.41, 5.74) is 2.75. The van der Waals surface area contributed by atoms with Crippen LogP contribution < -0.4 is 0 Å². The van der Waals surface area contributed by atoms with Gasteiger partial charge in [0.15, 0.2) is 0 Å². The molecule has 1 aliphatic carbocycles. The van der Waals surface area contributed by atoms with Gasteiger partial charge in [0, 0.05) is 50.2 Å². The van der Waals surface area contributed by atoms with Crippen LogP contribution in [0.2, 0.25) is 0 Å². The zero-order valence-electron chi connectivity index (χ0n) is 12.0. The molecule has 0 bridgehead atoms. The third-order valence-electron chi connectivity index (χ3n) is 4.47. The van der Waals surface area contributed by atoms with E-state index in [-0.39, 0.29) is 0 Å². The maximum Gasteiger partial charge on any atom is 0.122 e. The quantitative estimate of drug-likeness (QED) is 0.853. The molecule has 0 amide bonds. The van der Waals surface area contributed by atoms with E-state index in [1.54, 1.807) is 0 Å². The summed E-state index contributed by atoms with van der Waals surface area (Å²) in [6.07, 6.45) is 9.81. The molecular weight excluding hydrogens is 250 g/mol. The molecule has 5 nitrogen and oxygen atoms in total. The Kier molecular flexibility index (Phi) is 2.88. The highest BCUT2D eigenvalue weighted by Gasteiger charge is 2.29. The molecule has 20 heavy (non-hydrogen) atoms. The van der Waals surface area contributed by atoms with Crippen LogP contribution in [0, 0.1) is 0 Å². The van der Waals surface area contributed by atoms with Crippen LogP contribution in [0.5, 0.6) is 0 Å². The molecule has 0 radical (unpaired) electrons. The maximum absolute atomic E-state index is 4.63. The number of imidazole rings is 2. The van der Waals surface area contributed by atoms with Gasteiger partial charge in [-0.1, -0.05) is 0 Å². The first kappa shape index (κ1) is 12.1. The Balaban J connectivity index is 1.49. The molecule has 5 heteroatoms. The van der Waals surface area contributed by atoms with Gasteiger partial charge < -0.3 is 9.13 Å². The van der Waals surface area contributed by atoms with Gasteiger partial charge in [-0.15, -0.1) is 0 Å². The normalized spacial score (nSPS) is 19.2. The number of hydrogen-bond acceptors (Lipinski definition) is 3. The summed E-state index contributed by atoms with van der Waals surface area (Å²) in [6, 6.07) is 0.747. The standard InChI is InChI=1S/C15H21N5/c1-2-19-8-6-16-15(19)10-18-7-5-14-13(9-18)17-11-20(14)12-3-4-12/h6,8,11-12H,2-5,7,9-10H2,1H3. The van der Waals surface area contributed by atoms with Crippen molar-refractivity contribution >= 4 is 0 Å². The smallest absolute Gasteiger partial charge is 0.122 e. The van der Waals surface area contributed by atoms with Crippen LogP contribution in [-0.2, 0) is 26.1 Å². The van der Waals surface area contributed by atoms with Gasteiger partial charge in [-0.2, -0.15) is 0 Å². The monoisotopic (exact) mass is 271 g/mol. The van der Waals surface area contributed by atoms with Gasteiger partial charge in [0.05, 0.1) is 18.6 Å². The van der Waals surface area contributed by atoms with Gasteiger partial charge >= 0.3 is 0 Å². The highest BCUT2D eigenvalue weighted by atomic mass is 15.2. The van der Waals surface area contributed by atoms with Crippen molar-refractivity contribution in [1.29, 1.82) is 0 Å². The Morgan fingerprint density at radius 1 is 1.30 bits per heavy atom. The Hall–Kier alpha value is -1.62. The highest BCUT2D eigenvalue weighted by Crippen LogP contribution is 2.37. The molecule has 3 heterocycles. The predicted molar refractivity (Wildman–Crippen MR) is 76.2 cm³/mol. The van der Waals surface area contributed by atoms with Crippen LogP contribution in [0.3, 0.4) is 0 Å². The van der Waals surface area contributed by atoms with Crippen molar-refractivity contribution < 1.29 is 0 Å². The molecule has 0 N–H and O–H groups in total. The fourth-order valence-corrected chi connectivity index (χ4v) is 3.17. The average molecular weight is 271 g/mol. The first-order valence-electron chi connectivity index (χ1n) is 7.62. The SMILES string of the molecule is CCn1ccnc1CN1CCc2c(ncn2C2CC2)C1. The largest absolute Gasteiger partial charge is 0.334 e. The first-order valence-corrected chi connectivity index (χ1v) is 7.62. The second kappa shape index (κ2) is 4.74. The van der Waals surface area contributed by atoms with Crippen molar-refractivity contribution in [3.05, 3.63) is 35.9 Å². The average Bonchev–Trinajstić information content (AvgIpc) is 3.07. The van der Waals surface area contributed by atoms with Gasteiger partial charge in [-0.3, -0.25) is 4.90 Å². The van der Waals surface area contributed by atoms with Crippen LogP contribution in [0.15, 0.2) is 18.7 Å². The van der Waals surface area contributed by atoms with E-state index < -0.39 is 0 Å². The summed E-state index contributed by atoms with van der Waals surface area (Å²) in [4.78, 5) is 11.6. The molecule has 106 valence electrons. The number of rotatable bonds is 4. The fourth-order valence-electron chi connectivity index (χ4n) is 3.17. The highest BCUT2D eigenvalue weighted by molar-refractivity contribution is 5.18. The fraction of sp³-hybridized carbons (Fsp3) is 0.600. The zero-order chi connectivity index (χ0) is 13.5. The van der Waals surface area contributed by atoms with E-state index >= 15 is 0 Å². The molecule has 1 aliphatic heterocycles. The minimum atomic E-state index is 0.747. The van der Waals surface area contributed by atoms with E-state index in [1.807, 2.05) is 6.20 Å². The summed E-state index contributed by atoms with van der Waals surface area (Å²) in [6.45, 7) is 6.16. The molecule has 0 saturated heterocycles. The molecule has 0 aromatic carbocycles. The molecular formula is C15H21N5. The van der Waals surface area contributed by atoms with Gasteiger partial charge in [0.25, 0.3) is 0 Å². The van der Waals surface area contributed by atoms with E-state index in [1.165, 1.54) is 24.2 Å². The molecule has 2 aromatic heterocycles. The summed E-state index contributed by atoms with van der Waals surface area (Å²) in [5, 5.41) is 0. The van der Waals surface area contributed by atoms with Gasteiger partial charge in [0.1, 0.15) is 5.82 Å². The van der Waals surface area contributed by atoms with E-state index in [2.05, 4.69) is 43.4 Å². The lowest BCUT2D eigenvalue weighted by Crippen LogP contribution is -2.32. The molecule has 0 atom stereocenters. The van der Waals surface area contributed by atoms with Crippen molar-refractivity contribution in [2.24, 2.45) is 0 Å². The summed E-state index contributed by atoms with van der Waals surface area (Å²) in [5.74, 6) is 1.16. The van der Waals surface area contributed by atoms with E-state index in [0.717, 1.165) is 44.5 Å². The van der Waals surface area contributed by atoms with Crippen LogP contribution >= 0.6 is 0 Å². The van der Waals surface area contributed by atoms with Crippen LogP contribution in [0.1, 0.15) is 43.0 Å². The molecule has 2 aliphatic rings. The number of nitrogens with zero attached hydrogens (tertiary/aromatic N) is 5. The minimum absolute atomic E-state index is 0.747. The van der Waals surface area contributed by atoms with Crippen molar-refractivity contribution in [1.82, 2.24) is 24.0 Å². The van der Waals surface area contributed by atoms with Crippen LogP contribution in [0.4, 0.5) is 0 Å². The van der Waals surface area contributed by atoms with E-state index in [9.17, 15) is 0 Å². The second-order valence-electron chi connectivity index (χ2n) is 5.87. The second-order valence-corrected chi connectivity index (χ2v) is 5.87. The number of aryl methyl sites for hydroxylation is 1. The Labute approximate surface area is 119 Å². The van der Waals surface area contributed by atoms with Crippen molar-refractivity contribution in [3.8, 4) is 0 Å². The van der Waals surface area contributed by atoms with Crippen LogP contribution in [0.25, 0.3) is 0 Å². The maximum atomic E-state index is 4.63. The number of fused-ring (bicyclic) bond motifs is 1. The zero-order valence-corrected chi connectivity index (χ0v) is 12.0. The van der Waals surface area contributed by atoms with Gasteiger partial charge in [-0.25, -0.2) is 9.97 Å². The Morgan fingerprint density at radius 3 is 3.00 bits per heavy atom. The molecule has 1 saturated carbocycles. The van der Waals surface area contributed by atoms with Crippen molar-refractivity contribution in [3.63, 3.8) is 0 Å². The summed E-state index contributed by atoms with van der Waals surface area (Å²) < 4.78 is 4.64. The topological polar surface area (TPSA) is 38.9 Å². The Morgan fingerprint density at radius 2 is 2.20 bits per heavy atom. The van der Waals surface area contributed by atoms with E-state index in [4.69, 9.17) is 0 Å². The third kappa shape index (κ3) is 2.06. The molecule has 1 fully saturated rings. The van der Waals surface area contributed by atoms with Gasteiger partial charge in [-0.05, 0) is 19.8 Å². The molecule has 0 unspecified atom stereocenters.